The van der Waals surface area contributed by atoms with Gasteiger partial charge in [-0.1, -0.05) is 19.8 Å². The summed E-state index contributed by atoms with van der Waals surface area (Å²) in [5, 5.41) is 8.16. The van der Waals surface area contributed by atoms with Crippen LogP contribution in [0.15, 0.2) is 4.99 Å². The summed E-state index contributed by atoms with van der Waals surface area (Å²) in [6.07, 6.45) is 6.37. The third-order valence-corrected chi connectivity index (χ3v) is 1.38. The Morgan fingerprint density at radius 3 is 2.70 bits per heavy atom. The molecule has 0 saturated carbocycles. The van der Waals surface area contributed by atoms with Crippen LogP contribution in [0.3, 0.4) is 0 Å². The zero-order valence-corrected chi connectivity index (χ0v) is 6.72. The maximum atomic E-state index is 8.16. The lowest BCUT2D eigenvalue weighted by molar-refractivity contribution is 0.741. The molecule has 0 unspecified atom stereocenters. The summed E-state index contributed by atoms with van der Waals surface area (Å²) < 4.78 is 0. The van der Waals surface area contributed by atoms with E-state index in [2.05, 4.69) is 11.9 Å². The number of aliphatic imine (C=N–C) groups is 1. The van der Waals surface area contributed by atoms with Gasteiger partial charge < -0.3 is 0 Å². The van der Waals surface area contributed by atoms with E-state index in [4.69, 9.17) is 5.26 Å². The van der Waals surface area contributed by atoms with Crippen LogP contribution in [0.2, 0.25) is 0 Å². The van der Waals surface area contributed by atoms with Gasteiger partial charge in [-0.2, -0.15) is 10.3 Å². The Bertz CT molecular complexity index is 142. The van der Waals surface area contributed by atoms with Crippen LogP contribution in [0, 0.1) is 11.5 Å². The number of nitriles is 1. The number of hydrogen-bond acceptors (Lipinski definition) is 2. The molecule has 0 aliphatic carbocycles. The Balaban J connectivity index is 3.32. The van der Waals surface area contributed by atoms with E-state index in [-0.39, 0.29) is 0 Å². The highest BCUT2D eigenvalue weighted by molar-refractivity contribution is 5.82. The molecule has 0 rings (SSSR count). The van der Waals surface area contributed by atoms with Gasteiger partial charge in [0.1, 0.15) is 0 Å². The van der Waals surface area contributed by atoms with Crippen LogP contribution >= 0.6 is 0 Å². The van der Waals surface area contributed by atoms with Crippen molar-refractivity contribution in [2.24, 2.45) is 4.99 Å². The molecule has 0 bridgehead atoms. The van der Waals surface area contributed by atoms with Gasteiger partial charge in [0, 0.05) is 5.71 Å². The van der Waals surface area contributed by atoms with Crippen molar-refractivity contribution in [2.75, 3.05) is 0 Å². The highest BCUT2D eigenvalue weighted by Crippen LogP contribution is 1.99. The lowest BCUT2D eigenvalue weighted by atomic mass is 10.1. The second-order valence-electron chi connectivity index (χ2n) is 2.40. The van der Waals surface area contributed by atoms with Gasteiger partial charge in [0.25, 0.3) is 0 Å². The Morgan fingerprint density at radius 2 is 2.20 bits per heavy atom. The molecule has 0 aliphatic heterocycles. The summed E-state index contributed by atoms with van der Waals surface area (Å²) in [7, 11) is 0. The number of nitrogens with zero attached hydrogens (tertiary/aromatic N) is 2. The van der Waals surface area contributed by atoms with Gasteiger partial charge in [-0.25, -0.2) is 0 Å². The minimum absolute atomic E-state index is 0.955. The largest absolute Gasteiger partial charge is 0.205 e. The van der Waals surface area contributed by atoms with Gasteiger partial charge in [-0.05, 0) is 19.8 Å². The Morgan fingerprint density at radius 1 is 1.50 bits per heavy atom. The number of unbranched alkanes of at least 4 members (excludes halogenated alkanes) is 2. The Hall–Kier alpha value is -0.840. The molecule has 10 heavy (non-hydrogen) atoms. The first-order valence-corrected chi connectivity index (χ1v) is 3.73. The summed E-state index contributed by atoms with van der Waals surface area (Å²) >= 11 is 0. The summed E-state index contributed by atoms with van der Waals surface area (Å²) in [6.45, 7) is 4.07. The van der Waals surface area contributed by atoms with Crippen molar-refractivity contribution in [3.05, 3.63) is 0 Å². The standard InChI is InChI=1S/C8H14N2/c1-3-4-5-6-8(2)10-7-9/h3-6H2,1-2H3. The Labute approximate surface area is 62.6 Å². The highest BCUT2D eigenvalue weighted by Gasteiger charge is 1.89. The van der Waals surface area contributed by atoms with Gasteiger partial charge in [0.05, 0.1) is 0 Å². The number of hydrogen-bond donors (Lipinski definition) is 0. The molecule has 2 nitrogen and oxygen atoms in total. The van der Waals surface area contributed by atoms with Gasteiger partial charge in [-0.3, -0.25) is 0 Å². The first kappa shape index (κ1) is 9.16. The first-order chi connectivity index (χ1) is 4.81. The monoisotopic (exact) mass is 138 g/mol. The fourth-order valence-corrected chi connectivity index (χ4v) is 0.772. The Kier molecular flexibility index (Phi) is 5.75. The minimum Gasteiger partial charge on any atom is -0.183 e. The molecule has 56 valence electrons. The zero-order valence-electron chi connectivity index (χ0n) is 6.72. The van der Waals surface area contributed by atoms with Crippen molar-refractivity contribution in [3.63, 3.8) is 0 Å². The molecule has 0 aromatic heterocycles. The van der Waals surface area contributed by atoms with Crippen LogP contribution in [0.4, 0.5) is 0 Å². The van der Waals surface area contributed by atoms with E-state index >= 15 is 0 Å². The van der Waals surface area contributed by atoms with E-state index in [1.807, 2.05) is 6.92 Å². The van der Waals surface area contributed by atoms with Crippen molar-refractivity contribution in [1.82, 2.24) is 0 Å². The van der Waals surface area contributed by atoms with Crippen LogP contribution in [-0.4, -0.2) is 5.71 Å². The summed E-state index contributed by atoms with van der Waals surface area (Å²) in [5.41, 5.74) is 0.955. The third-order valence-electron chi connectivity index (χ3n) is 1.38. The smallest absolute Gasteiger partial charge is 0.183 e. The van der Waals surface area contributed by atoms with Gasteiger partial charge in [0.2, 0.25) is 6.19 Å². The van der Waals surface area contributed by atoms with Crippen molar-refractivity contribution in [1.29, 1.82) is 5.26 Å². The molecule has 0 aromatic carbocycles. The topological polar surface area (TPSA) is 36.1 Å². The van der Waals surface area contributed by atoms with Crippen molar-refractivity contribution >= 4 is 5.71 Å². The highest BCUT2D eigenvalue weighted by atomic mass is 14.7. The second kappa shape index (κ2) is 6.28. The van der Waals surface area contributed by atoms with Crippen molar-refractivity contribution < 1.29 is 0 Å². The molecular formula is C8H14N2. The van der Waals surface area contributed by atoms with Crippen LogP contribution in [0.5, 0.6) is 0 Å². The summed E-state index contributed by atoms with van der Waals surface area (Å²) in [5.74, 6) is 0. The minimum atomic E-state index is 0.955. The number of rotatable bonds is 4. The molecule has 0 fully saturated rings. The third kappa shape index (κ3) is 5.30. The quantitative estimate of drug-likeness (QED) is 0.334. The lowest BCUT2D eigenvalue weighted by Crippen LogP contribution is -1.89. The van der Waals surface area contributed by atoms with Gasteiger partial charge >= 0.3 is 0 Å². The van der Waals surface area contributed by atoms with Crippen LogP contribution in [-0.2, 0) is 0 Å². The molecule has 0 saturated heterocycles. The maximum absolute atomic E-state index is 8.16. The first-order valence-electron chi connectivity index (χ1n) is 3.73. The molecule has 0 spiro atoms. The lowest BCUT2D eigenvalue weighted by Gasteiger charge is -1.94. The van der Waals surface area contributed by atoms with Gasteiger partial charge in [0.15, 0.2) is 0 Å². The van der Waals surface area contributed by atoms with Crippen molar-refractivity contribution in [3.8, 4) is 6.19 Å². The zero-order chi connectivity index (χ0) is 7.82. The summed E-state index contributed by atoms with van der Waals surface area (Å²) in [6, 6.07) is 0. The van der Waals surface area contributed by atoms with E-state index in [9.17, 15) is 0 Å². The van der Waals surface area contributed by atoms with E-state index in [0.717, 1.165) is 18.6 Å². The predicted octanol–water partition coefficient (Wildman–Crippen LogP) is 2.51. The SMILES string of the molecule is CCCCCC(C)=NC#N. The van der Waals surface area contributed by atoms with E-state index in [1.54, 1.807) is 6.19 Å². The fourth-order valence-electron chi connectivity index (χ4n) is 0.772. The molecule has 0 aliphatic rings. The van der Waals surface area contributed by atoms with Gasteiger partial charge in [-0.15, -0.1) is 0 Å². The fraction of sp³-hybridized carbons (Fsp3) is 0.750. The molecule has 2 heteroatoms. The molecule has 0 amide bonds. The maximum Gasteiger partial charge on any atom is 0.205 e. The molecule has 0 heterocycles. The molecule has 0 radical (unpaired) electrons. The van der Waals surface area contributed by atoms with E-state index < -0.39 is 0 Å². The average Bonchev–Trinajstić information content (AvgIpc) is 1.89. The summed E-state index contributed by atoms with van der Waals surface area (Å²) in [4.78, 5) is 3.62. The van der Waals surface area contributed by atoms with E-state index in [0.29, 0.717) is 0 Å². The second-order valence-corrected chi connectivity index (χ2v) is 2.40. The van der Waals surface area contributed by atoms with Crippen LogP contribution in [0.1, 0.15) is 39.5 Å². The molecule has 0 atom stereocenters. The van der Waals surface area contributed by atoms with E-state index in [1.165, 1.54) is 12.8 Å². The molecule has 0 aromatic rings. The average molecular weight is 138 g/mol. The van der Waals surface area contributed by atoms with Crippen molar-refractivity contribution in [2.45, 2.75) is 39.5 Å². The molecular weight excluding hydrogens is 124 g/mol. The van der Waals surface area contributed by atoms with Crippen LogP contribution in [0.25, 0.3) is 0 Å². The molecule has 0 N–H and O–H groups in total. The normalized spacial score (nSPS) is 11.1. The van der Waals surface area contributed by atoms with Crippen LogP contribution < -0.4 is 0 Å². The predicted molar refractivity (Wildman–Crippen MR) is 42.9 cm³/mol.